The zero-order valence-corrected chi connectivity index (χ0v) is 20.0. The average molecular weight is 475 g/mol. The summed E-state index contributed by atoms with van der Waals surface area (Å²) in [6, 6.07) is 12.9. The third-order valence-electron chi connectivity index (χ3n) is 6.22. The zero-order chi connectivity index (χ0) is 24.6. The van der Waals surface area contributed by atoms with Gasteiger partial charge >= 0.3 is 0 Å². The molecule has 35 heavy (non-hydrogen) atoms. The first kappa shape index (κ1) is 24.2. The number of amides is 2. The minimum atomic E-state index is -1.02. The number of carbonyl (C=O) groups is 2. The predicted molar refractivity (Wildman–Crippen MR) is 133 cm³/mol. The van der Waals surface area contributed by atoms with Gasteiger partial charge in [0.25, 0.3) is 5.91 Å². The van der Waals surface area contributed by atoms with E-state index in [1.54, 1.807) is 74.2 Å². The first-order valence-electron chi connectivity index (χ1n) is 11.8. The molecule has 1 aliphatic rings. The molecule has 0 aliphatic heterocycles. The number of methoxy groups -OCH3 is 2. The van der Waals surface area contributed by atoms with Crippen molar-refractivity contribution in [3.8, 4) is 11.5 Å². The van der Waals surface area contributed by atoms with Crippen LogP contribution in [0.4, 0.5) is 5.69 Å². The predicted octanol–water partition coefficient (Wildman–Crippen LogP) is 4.33. The van der Waals surface area contributed by atoms with Crippen molar-refractivity contribution in [1.82, 2.24) is 15.3 Å². The topological polar surface area (TPSA) is 93.7 Å². The number of nitrogens with zero attached hydrogens (tertiary/aromatic N) is 3. The summed E-state index contributed by atoms with van der Waals surface area (Å²) < 4.78 is 11.0. The van der Waals surface area contributed by atoms with E-state index in [0.29, 0.717) is 22.7 Å². The molecule has 1 N–H and O–H groups in total. The Hall–Kier alpha value is -3.94. The van der Waals surface area contributed by atoms with Crippen LogP contribution in [0.5, 0.6) is 11.5 Å². The summed E-state index contributed by atoms with van der Waals surface area (Å²) in [5.74, 6) is 0.325. The van der Waals surface area contributed by atoms with E-state index in [0.717, 1.165) is 25.7 Å². The second kappa shape index (κ2) is 11.5. The summed E-state index contributed by atoms with van der Waals surface area (Å²) >= 11 is 0. The van der Waals surface area contributed by atoms with Crippen LogP contribution in [0, 0.1) is 0 Å². The van der Waals surface area contributed by atoms with Crippen molar-refractivity contribution >= 4 is 17.5 Å². The highest BCUT2D eigenvalue weighted by atomic mass is 16.5. The van der Waals surface area contributed by atoms with Gasteiger partial charge in [-0.3, -0.25) is 24.5 Å². The minimum Gasteiger partial charge on any atom is -0.497 e. The lowest BCUT2D eigenvalue weighted by atomic mass is 9.94. The Balaban J connectivity index is 1.84. The summed E-state index contributed by atoms with van der Waals surface area (Å²) in [5, 5.41) is 3.19. The van der Waals surface area contributed by atoms with Crippen LogP contribution in [0.1, 0.15) is 54.2 Å². The number of anilines is 1. The third-order valence-corrected chi connectivity index (χ3v) is 6.22. The molecule has 1 aromatic carbocycles. The number of ether oxygens (including phenoxy) is 2. The Morgan fingerprint density at radius 2 is 1.83 bits per heavy atom. The Labute approximate surface area is 205 Å². The second-order valence-corrected chi connectivity index (χ2v) is 8.46. The van der Waals surface area contributed by atoms with Crippen LogP contribution in [-0.2, 0) is 4.79 Å². The molecule has 8 nitrogen and oxygen atoms in total. The van der Waals surface area contributed by atoms with Crippen molar-refractivity contribution in [3.63, 3.8) is 0 Å². The fraction of sp³-hybridized carbons (Fsp3) is 0.333. The Morgan fingerprint density at radius 1 is 1.00 bits per heavy atom. The minimum absolute atomic E-state index is 0.0590. The van der Waals surface area contributed by atoms with Crippen LogP contribution in [0.2, 0.25) is 0 Å². The van der Waals surface area contributed by atoms with Gasteiger partial charge in [-0.05, 0) is 49.2 Å². The molecule has 1 fully saturated rings. The maximum atomic E-state index is 14.0. The highest BCUT2D eigenvalue weighted by Crippen LogP contribution is 2.36. The molecule has 1 atom stereocenters. The van der Waals surface area contributed by atoms with E-state index >= 15 is 0 Å². The molecule has 0 spiro atoms. The van der Waals surface area contributed by atoms with Crippen molar-refractivity contribution < 1.29 is 19.1 Å². The first-order valence-corrected chi connectivity index (χ1v) is 11.8. The third kappa shape index (κ3) is 5.59. The van der Waals surface area contributed by atoms with Crippen LogP contribution in [0.3, 0.4) is 0 Å². The van der Waals surface area contributed by atoms with Crippen molar-refractivity contribution in [3.05, 3.63) is 78.4 Å². The van der Waals surface area contributed by atoms with Gasteiger partial charge in [0.15, 0.2) is 0 Å². The summed E-state index contributed by atoms with van der Waals surface area (Å²) in [4.78, 5) is 37.7. The van der Waals surface area contributed by atoms with Crippen LogP contribution < -0.4 is 19.7 Å². The lowest BCUT2D eigenvalue weighted by Gasteiger charge is -2.33. The van der Waals surface area contributed by atoms with Crippen LogP contribution in [0.25, 0.3) is 0 Å². The van der Waals surface area contributed by atoms with Gasteiger partial charge in [0.1, 0.15) is 23.2 Å². The number of aromatic nitrogens is 2. The molecule has 1 aliphatic carbocycles. The summed E-state index contributed by atoms with van der Waals surface area (Å²) in [6.45, 7) is 0. The van der Waals surface area contributed by atoms with Gasteiger partial charge in [-0.15, -0.1) is 0 Å². The van der Waals surface area contributed by atoms with Gasteiger partial charge in [0.2, 0.25) is 5.91 Å². The molecule has 2 aromatic heterocycles. The summed E-state index contributed by atoms with van der Waals surface area (Å²) in [7, 11) is 3.09. The Bertz CT molecular complexity index is 1130. The highest BCUT2D eigenvalue weighted by Gasteiger charge is 2.37. The van der Waals surface area contributed by atoms with Gasteiger partial charge in [0, 0.05) is 30.1 Å². The quantitative estimate of drug-likeness (QED) is 0.522. The zero-order valence-electron chi connectivity index (χ0n) is 20.0. The molecule has 0 radical (unpaired) electrons. The summed E-state index contributed by atoms with van der Waals surface area (Å²) in [6.07, 6.45) is 9.89. The number of benzene rings is 1. The van der Waals surface area contributed by atoms with E-state index in [1.165, 1.54) is 18.4 Å². The highest BCUT2D eigenvalue weighted by molar-refractivity contribution is 6.09. The van der Waals surface area contributed by atoms with Crippen molar-refractivity contribution in [2.45, 2.75) is 44.2 Å². The van der Waals surface area contributed by atoms with E-state index in [2.05, 4.69) is 15.3 Å². The van der Waals surface area contributed by atoms with Gasteiger partial charge in [-0.25, -0.2) is 0 Å². The molecule has 0 bridgehead atoms. The van der Waals surface area contributed by atoms with E-state index in [1.807, 2.05) is 0 Å². The van der Waals surface area contributed by atoms with E-state index in [-0.39, 0.29) is 17.6 Å². The smallest absolute Gasteiger partial charge is 0.277 e. The maximum absolute atomic E-state index is 14.0. The number of pyridine rings is 2. The first-order chi connectivity index (χ1) is 17.1. The number of carbonyl (C=O) groups excluding carboxylic acids is 2. The Kier molecular flexibility index (Phi) is 7.92. The number of nitrogens with one attached hydrogen (secondary N) is 1. The average Bonchev–Trinajstić information content (AvgIpc) is 2.92. The van der Waals surface area contributed by atoms with Gasteiger partial charge in [0.05, 0.1) is 26.1 Å². The molecule has 1 saturated carbocycles. The van der Waals surface area contributed by atoms with E-state index < -0.39 is 11.9 Å². The fourth-order valence-electron chi connectivity index (χ4n) is 4.46. The molecule has 2 heterocycles. The van der Waals surface area contributed by atoms with Crippen LogP contribution >= 0.6 is 0 Å². The fourth-order valence-corrected chi connectivity index (χ4v) is 4.46. The van der Waals surface area contributed by atoms with Crippen LogP contribution in [0.15, 0.2) is 67.1 Å². The van der Waals surface area contributed by atoms with Crippen molar-refractivity contribution in [2.24, 2.45) is 0 Å². The van der Waals surface area contributed by atoms with E-state index in [9.17, 15) is 9.59 Å². The second-order valence-electron chi connectivity index (χ2n) is 8.46. The van der Waals surface area contributed by atoms with E-state index in [4.69, 9.17) is 9.47 Å². The molecule has 3 aromatic rings. The van der Waals surface area contributed by atoms with Crippen molar-refractivity contribution in [2.75, 3.05) is 19.1 Å². The maximum Gasteiger partial charge on any atom is 0.277 e. The lowest BCUT2D eigenvalue weighted by Crippen LogP contribution is -2.47. The summed E-state index contributed by atoms with van der Waals surface area (Å²) in [5.41, 5.74) is 1.24. The van der Waals surface area contributed by atoms with Crippen LogP contribution in [-0.4, -0.2) is 42.0 Å². The van der Waals surface area contributed by atoms with Gasteiger partial charge in [-0.1, -0.05) is 25.3 Å². The van der Waals surface area contributed by atoms with Gasteiger partial charge in [-0.2, -0.15) is 0 Å². The van der Waals surface area contributed by atoms with Crippen molar-refractivity contribution in [1.29, 1.82) is 0 Å². The molecular formula is C27H30N4O4. The number of hydrogen-bond acceptors (Lipinski definition) is 6. The molecule has 0 saturated heterocycles. The normalized spacial score (nSPS) is 14.6. The molecule has 0 unspecified atom stereocenters. The lowest BCUT2D eigenvalue weighted by molar-refractivity contribution is -0.123. The Morgan fingerprint density at radius 3 is 2.49 bits per heavy atom. The molecular weight excluding hydrogens is 444 g/mol. The monoisotopic (exact) mass is 474 g/mol. The molecule has 2 amide bonds. The number of hydrogen-bond donors (Lipinski definition) is 1. The standard InChI is InChI=1S/C27H30N4O4/c1-34-21-13-14-22(24(17-21)35-2)25(26(32)30-19-9-4-3-5-10-19)31(20-11-8-15-28-18-20)27(33)23-12-6-7-16-29-23/h6-8,11-19,25H,3-5,9-10H2,1-2H3,(H,30,32)/t25-/m0/s1. The number of rotatable bonds is 8. The molecule has 8 heteroatoms. The molecule has 4 rings (SSSR count). The largest absolute Gasteiger partial charge is 0.497 e. The molecule has 182 valence electrons. The SMILES string of the molecule is COc1ccc([C@@H](C(=O)NC2CCCCC2)N(C(=O)c2ccccn2)c2cccnc2)c(OC)c1. The van der Waals surface area contributed by atoms with Gasteiger partial charge < -0.3 is 14.8 Å².